The predicted octanol–water partition coefficient (Wildman–Crippen LogP) is 1.62. The van der Waals surface area contributed by atoms with Crippen molar-refractivity contribution in [2.75, 3.05) is 31.7 Å². The van der Waals surface area contributed by atoms with Crippen molar-refractivity contribution in [3.05, 3.63) is 18.1 Å². The first-order valence-corrected chi connectivity index (χ1v) is 7.62. The van der Waals surface area contributed by atoms with Crippen LogP contribution in [0.15, 0.2) is 12.4 Å². The lowest BCUT2D eigenvalue weighted by atomic mass is 10.0. The Bertz CT molecular complexity index is 449. The third-order valence-electron chi connectivity index (χ3n) is 3.86. The first kappa shape index (κ1) is 15.7. The molecule has 0 aliphatic carbocycles. The van der Waals surface area contributed by atoms with Gasteiger partial charge in [-0.3, -0.25) is 4.79 Å². The van der Waals surface area contributed by atoms with Crippen molar-refractivity contribution in [2.45, 2.75) is 38.6 Å². The zero-order valence-electron chi connectivity index (χ0n) is 12.8. The minimum absolute atomic E-state index is 0.211. The Morgan fingerprint density at radius 1 is 1.43 bits per heavy atom. The summed E-state index contributed by atoms with van der Waals surface area (Å²) in [5.41, 5.74) is 0.347. The van der Waals surface area contributed by atoms with E-state index in [9.17, 15) is 4.79 Å². The van der Waals surface area contributed by atoms with Gasteiger partial charge in [0.15, 0.2) is 0 Å². The number of ether oxygens (including phenoxy) is 1. The molecule has 1 aromatic rings. The maximum atomic E-state index is 11.8. The van der Waals surface area contributed by atoms with Gasteiger partial charge in [-0.1, -0.05) is 6.92 Å². The number of nitrogens with zero attached hydrogens (tertiary/aromatic N) is 3. The summed E-state index contributed by atoms with van der Waals surface area (Å²) in [4.78, 5) is 22.8. The number of piperidine rings is 1. The highest BCUT2D eigenvalue weighted by Gasteiger charge is 2.22. The van der Waals surface area contributed by atoms with Crippen LogP contribution in [0, 0.1) is 0 Å². The summed E-state index contributed by atoms with van der Waals surface area (Å²) >= 11 is 0. The van der Waals surface area contributed by atoms with Crippen molar-refractivity contribution in [1.29, 1.82) is 0 Å². The molecule has 2 heterocycles. The molecule has 21 heavy (non-hydrogen) atoms. The molecule has 1 amide bonds. The first-order valence-electron chi connectivity index (χ1n) is 7.62. The van der Waals surface area contributed by atoms with Crippen LogP contribution < -0.4 is 10.2 Å². The topological polar surface area (TPSA) is 67.4 Å². The molecule has 1 saturated heterocycles. The third-order valence-corrected chi connectivity index (χ3v) is 3.86. The summed E-state index contributed by atoms with van der Waals surface area (Å²) in [6, 6.07) is 0.537. The molecule has 1 aliphatic heterocycles. The minimum atomic E-state index is -0.211. The number of hydrogen-bond acceptors (Lipinski definition) is 5. The number of hydrogen-bond donors (Lipinski definition) is 1. The van der Waals surface area contributed by atoms with Gasteiger partial charge in [0.25, 0.3) is 5.91 Å². The molecule has 1 fully saturated rings. The first-order chi connectivity index (χ1) is 10.3. The molecule has 6 nitrogen and oxygen atoms in total. The van der Waals surface area contributed by atoms with Crippen LogP contribution in [0.25, 0.3) is 0 Å². The van der Waals surface area contributed by atoms with Crippen LogP contribution in [0.4, 0.5) is 5.82 Å². The summed E-state index contributed by atoms with van der Waals surface area (Å²) in [5, 5.41) is 2.74. The second-order valence-electron chi connectivity index (χ2n) is 5.26. The van der Waals surface area contributed by atoms with E-state index in [0.29, 0.717) is 24.9 Å². The van der Waals surface area contributed by atoms with Gasteiger partial charge in [-0.05, 0) is 25.7 Å². The van der Waals surface area contributed by atoms with E-state index in [0.717, 1.165) is 18.8 Å². The fraction of sp³-hybridized carbons (Fsp3) is 0.667. The van der Waals surface area contributed by atoms with Gasteiger partial charge in [-0.25, -0.2) is 9.97 Å². The average molecular weight is 292 g/mol. The molecule has 0 aromatic carbocycles. The minimum Gasteiger partial charge on any atom is -0.383 e. The third kappa shape index (κ3) is 4.14. The van der Waals surface area contributed by atoms with Gasteiger partial charge in [0.2, 0.25) is 0 Å². The van der Waals surface area contributed by atoms with E-state index in [-0.39, 0.29) is 5.91 Å². The molecular formula is C15H24N4O2. The number of anilines is 1. The van der Waals surface area contributed by atoms with Crippen LogP contribution in [0.3, 0.4) is 0 Å². The number of methoxy groups -OCH3 is 1. The summed E-state index contributed by atoms with van der Waals surface area (Å²) in [5.74, 6) is 0.659. The summed E-state index contributed by atoms with van der Waals surface area (Å²) < 4.78 is 4.89. The lowest BCUT2D eigenvalue weighted by Crippen LogP contribution is -2.39. The summed E-state index contributed by atoms with van der Waals surface area (Å²) in [6.45, 7) is 4.19. The van der Waals surface area contributed by atoms with E-state index in [4.69, 9.17) is 4.74 Å². The number of carbonyl (C=O) groups excluding carboxylic acids is 1. The van der Waals surface area contributed by atoms with E-state index in [1.54, 1.807) is 19.5 Å². The number of rotatable bonds is 6. The highest BCUT2D eigenvalue weighted by Crippen LogP contribution is 2.24. The monoisotopic (exact) mass is 292 g/mol. The number of amides is 1. The smallest absolute Gasteiger partial charge is 0.271 e. The highest BCUT2D eigenvalue weighted by atomic mass is 16.5. The molecule has 1 unspecified atom stereocenters. The maximum absolute atomic E-state index is 11.8. The Kier molecular flexibility index (Phi) is 5.92. The Morgan fingerprint density at radius 2 is 2.29 bits per heavy atom. The Labute approximate surface area is 125 Å². The molecule has 1 atom stereocenters. The fourth-order valence-electron chi connectivity index (χ4n) is 2.67. The summed E-state index contributed by atoms with van der Waals surface area (Å²) in [6.07, 6.45) is 8.05. The van der Waals surface area contributed by atoms with Gasteiger partial charge in [0.05, 0.1) is 19.0 Å². The molecule has 6 heteroatoms. The molecular weight excluding hydrogens is 268 g/mol. The van der Waals surface area contributed by atoms with E-state index >= 15 is 0 Å². The predicted molar refractivity (Wildman–Crippen MR) is 81.5 cm³/mol. The Hall–Kier alpha value is -1.69. The number of aromatic nitrogens is 2. The second-order valence-corrected chi connectivity index (χ2v) is 5.26. The van der Waals surface area contributed by atoms with Gasteiger partial charge in [0.1, 0.15) is 11.5 Å². The molecule has 0 saturated carbocycles. The number of nitrogens with one attached hydrogen (secondary N) is 1. The van der Waals surface area contributed by atoms with Crippen molar-refractivity contribution < 1.29 is 9.53 Å². The number of carbonyl (C=O) groups is 1. The average Bonchev–Trinajstić information content (AvgIpc) is 2.55. The fourth-order valence-corrected chi connectivity index (χ4v) is 2.67. The van der Waals surface area contributed by atoms with E-state index in [2.05, 4.69) is 27.1 Å². The lowest BCUT2D eigenvalue weighted by Gasteiger charge is -2.35. The SMILES string of the molecule is CCC1CCCCN1c1cnc(C(=O)NCCOC)cn1. The van der Waals surface area contributed by atoms with Crippen molar-refractivity contribution in [3.8, 4) is 0 Å². The molecule has 2 rings (SSSR count). The van der Waals surface area contributed by atoms with E-state index < -0.39 is 0 Å². The largest absolute Gasteiger partial charge is 0.383 e. The lowest BCUT2D eigenvalue weighted by molar-refractivity contribution is 0.0931. The van der Waals surface area contributed by atoms with Crippen LogP contribution in [0.5, 0.6) is 0 Å². The Morgan fingerprint density at radius 3 is 2.95 bits per heavy atom. The maximum Gasteiger partial charge on any atom is 0.271 e. The van der Waals surface area contributed by atoms with Crippen LogP contribution in [-0.2, 0) is 4.74 Å². The van der Waals surface area contributed by atoms with E-state index in [1.807, 2.05) is 0 Å². The van der Waals surface area contributed by atoms with Gasteiger partial charge in [-0.2, -0.15) is 0 Å². The van der Waals surface area contributed by atoms with Gasteiger partial charge < -0.3 is 15.0 Å². The van der Waals surface area contributed by atoms with Gasteiger partial charge in [0, 0.05) is 26.2 Å². The van der Waals surface area contributed by atoms with Crippen molar-refractivity contribution >= 4 is 11.7 Å². The molecule has 1 N–H and O–H groups in total. The zero-order valence-corrected chi connectivity index (χ0v) is 12.8. The standard InChI is InChI=1S/C15H24N4O2/c1-3-12-6-4-5-8-19(12)14-11-17-13(10-18-14)15(20)16-7-9-21-2/h10-12H,3-9H2,1-2H3,(H,16,20). The Balaban J connectivity index is 1.99. The van der Waals surface area contributed by atoms with E-state index in [1.165, 1.54) is 19.3 Å². The second kappa shape index (κ2) is 7.93. The quantitative estimate of drug-likeness (QED) is 0.807. The van der Waals surface area contributed by atoms with Crippen molar-refractivity contribution in [1.82, 2.24) is 15.3 Å². The molecule has 1 aromatic heterocycles. The van der Waals surface area contributed by atoms with Gasteiger partial charge >= 0.3 is 0 Å². The van der Waals surface area contributed by atoms with Crippen LogP contribution in [-0.4, -0.2) is 48.7 Å². The molecule has 116 valence electrons. The zero-order chi connectivity index (χ0) is 15.1. The molecule has 1 aliphatic rings. The highest BCUT2D eigenvalue weighted by molar-refractivity contribution is 5.91. The molecule has 0 radical (unpaired) electrons. The van der Waals surface area contributed by atoms with Crippen molar-refractivity contribution in [3.63, 3.8) is 0 Å². The van der Waals surface area contributed by atoms with Crippen LogP contribution >= 0.6 is 0 Å². The normalized spacial score (nSPS) is 18.6. The van der Waals surface area contributed by atoms with Crippen LogP contribution in [0.2, 0.25) is 0 Å². The van der Waals surface area contributed by atoms with Crippen molar-refractivity contribution in [2.24, 2.45) is 0 Å². The molecule has 0 spiro atoms. The summed E-state index contributed by atoms with van der Waals surface area (Å²) in [7, 11) is 1.60. The molecule has 0 bridgehead atoms. The van der Waals surface area contributed by atoms with Crippen LogP contribution in [0.1, 0.15) is 43.1 Å². The van der Waals surface area contributed by atoms with Gasteiger partial charge in [-0.15, -0.1) is 0 Å².